The molecule has 0 amide bonds. The van der Waals surface area contributed by atoms with Gasteiger partial charge in [-0.05, 0) is 0 Å². The van der Waals surface area contributed by atoms with Gasteiger partial charge in [-0.2, -0.15) is 0 Å². The van der Waals surface area contributed by atoms with Gasteiger partial charge in [-0.1, -0.05) is 31.9 Å². The largest absolute Gasteiger partial charge is 0.315 e. The maximum atomic E-state index is 3.47. The van der Waals surface area contributed by atoms with Gasteiger partial charge in [0.25, 0.3) is 0 Å². The van der Waals surface area contributed by atoms with Gasteiger partial charge >= 0.3 is 0 Å². The highest BCUT2D eigenvalue weighted by atomic mass is 79.9. The van der Waals surface area contributed by atoms with Gasteiger partial charge in [0, 0.05) is 29.2 Å². The molecule has 1 aliphatic rings. The van der Waals surface area contributed by atoms with Crippen molar-refractivity contribution < 1.29 is 0 Å². The van der Waals surface area contributed by atoms with Crippen LogP contribution in [-0.2, 0) is 0 Å². The third kappa shape index (κ3) is 1.09. The van der Waals surface area contributed by atoms with Gasteiger partial charge in [0.15, 0.2) is 0 Å². The van der Waals surface area contributed by atoms with Crippen LogP contribution < -0.4 is 5.32 Å². The summed E-state index contributed by atoms with van der Waals surface area (Å²) in [5.41, 5.74) is 0.528. The zero-order chi connectivity index (χ0) is 6.04. The summed E-state index contributed by atoms with van der Waals surface area (Å²) in [5.74, 6) is 0. The van der Waals surface area contributed by atoms with E-state index in [0.717, 1.165) is 23.7 Å². The minimum absolute atomic E-state index is 0.528. The molecule has 8 heavy (non-hydrogen) atoms. The molecule has 0 aromatic rings. The average Bonchev–Trinajstić information content (AvgIpc) is 1.67. The third-order valence-electron chi connectivity index (χ3n) is 1.57. The first-order valence-corrected chi connectivity index (χ1v) is 4.90. The quantitative estimate of drug-likeness (QED) is 0.722. The second-order valence-corrected chi connectivity index (χ2v) is 3.49. The van der Waals surface area contributed by atoms with E-state index in [1.54, 1.807) is 0 Å². The van der Waals surface area contributed by atoms with Gasteiger partial charge < -0.3 is 5.32 Å². The van der Waals surface area contributed by atoms with Crippen molar-refractivity contribution in [1.29, 1.82) is 0 Å². The van der Waals surface area contributed by atoms with Crippen molar-refractivity contribution in [3.63, 3.8) is 0 Å². The third-order valence-corrected chi connectivity index (χ3v) is 3.95. The Morgan fingerprint density at radius 2 is 1.75 bits per heavy atom. The molecule has 1 saturated heterocycles. The van der Waals surface area contributed by atoms with Crippen molar-refractivity contribution >= 4 is 31.9 Å². The number of rotatable bonds is 2. The van der Waals surface area contributed by atoms with Crippen LogP contribution in [-0.4, -0.2) is 23.7 Å². The van der Waals surface area contributed by atoms with Gasteiger partial charge in [-0.15, -0.1) is 0 Å². The Bertz CT molecular complexity index is 67.0. The van der Waals surface area contributed by atoms with E-state index in [-0.39, 0.29) is 0 Å². The molecule has 0 aromatic carbocycles. The lowest BCUT2D eigenvalue weighted by Gasteiger charge is -2.39. The summed E-state index contributed by atoms with van der Waals surface area (Å²) in [6.45, 7) is 2.31. The predicted molar refractivity (Wildman–Crippen MR) is 42.9 cm³/mol. The second kappa shape index (κ2) is 2.67. The summed E-state index contributed by atoms with van der Waals surface area (Å²) in [7, 11) is 0. The molecule has 1 fully saturated rings. The summed E-state index contributed by atoms with van der Waals surface area (Å²) in [5, 5.41) is 5.46. The van der Waals surface area contributed by atoms with Crippen molar-refractivity contribution in [1.82, 2.24) is 5.32 Å². The molecule has 1 N–H and O–H groups in total. The Kier molecular flexibility index (Phi) is 2.35. The van der Waals surface area contributed by atoms with Crippen LogP contribution in [0.4, 0.5) is 0 Å². The molecule has 48 valence electrons. The van der Waals surface area contributed by atoms with Crippen LogP contribution in [0.25, 0.3) is 0 Å². The monoisotopic (exact) mass is 241 g/mol. The molecular formula is C5H9Br2N. The Morgan fingerprint density at radius 3 is 1.75 bits per heavy atom. The Labute approximate surface area is 66.5 Å². The molecule has 1 nitrogen and oxygen atoms in total. The lowest BCUT2D eigenvalue weighted by Crippen LogP contribution is -2.55. The number of alkyl halides is 2. The average molecular weight is 243 g/mol. The van der Waals surface area contributed by atoms with Crippen molar-refractivity contribution in [2.75, 3.05) is 23.7 Å². The fourth-order valence-corrected chi connectivity index (χ4v) is 2.42. The Hall–Kier alpha value is 0.920. The molecule has 1 aliphatic heterocycles. The number of hydrogen-bond acceptors (Lipinski definition) is 1. The second-order valence-electron chi connectivity index (χ2n) is 2.37. The van der Waals surface area contributed by atoms with Gasteiger partial charge in [-0.25, -0.2) is 0 Å². The van der Waals surface area contributed by atoms with E-state index < -0.39 is 0 Å². The van der Waals surface area contributed by atoms with Crippen LogP contribution >= 0.6 is 31.9 Å². The summed E-state index contributed by atoms with van der Waals surface area (Å²) >= 11 is 6.95. The molecule has 0 radical (unpaired) electrons. The molecule has 0 bridgehead atoms. The van der Waals surface area contributed by atoms with Crippen LogP contribution in [0.5, 0.6) is 0 Å². The van der Waals surface area contributed by atoms with Gasteiger partial charge in [-0.3, -0.25) is 0 Å². The summed E-state index contributed by atoms with van der Waals surface area (Å²) in [4.78, 5) is 0. The predicted octanol–water partition coefficient (Wildman–Crippen LogP) is 1.37. The maximum absolute atomic E-state index is 3.47. The Morgan fingerprint density at radius 1 is 1.25 bits per heavy atom. The van der Waals surface area contributed by atoms with Crippen molar-refractivity contribution in [2.24, 2.45) is 5.41 Å². The van der Waals surface area contributed by atoms with Gasteiger partial charge in [0.1, 0.15) is 0 Å². The summed E-state index contributed by atoms with van der Waals surface area (Å²) in [6, 6.07) is 0. The fraction of sp³-hybridized carbons (Fsp3) is 1.00. The van der Waals surface area contributed by atoms with Crippen LogP contribution in [0.2, 0.25) is 0 Å². The van der Waals surface area contributed by atoms with E-state index in [9.17, 15) is 0 Å². The van der Waals surface area contributed by atoms with E-state index in [1.165, 1.54) is 0 Å². The highest BCUT2D eigenvalue weighted by molar-refractivity contribution is 9.09. The van der Waals surface area contributed by atoms with Crippen LogP contribution in [0.3, 0.4) is 0 Å². The maximum Gasteiger partial charge on any atom is 0.0146 e. The molecule has 0 unspecified atom stereocenters. The fourth-order valence-electron chi connectivity index (χ4n) is 0.703. The van der Waals surface area contributed by atoms with Crippen molar-refractivity contribution in [2.45, 2.75) is 0 Å². The Balaban J connectivity index is 2.33. The van der Waals surface area contributed by atoms with E-state index in [0.29, 0.717) is 5.41 Å². The minimum atomic E-state index is 0.528. The van der Waals surface area contributed by atoms with Gasteiger partial charge in [0.2, 0.25) is 0 Å². The van der Waals surface area contributed by atoms with Crippen LogP contribution in [0.15, 0.2) is 0 Å². The SMILES string of the molecule is BrCC1(CBr)CNC1. The molecule has 1 heterocycles. The number of nitrogens with one attached hydrogen (secondary N) is 1. The highest BCUT2D eigenvalue weighted by Gasteiger charge is 2.34. The van der Waals surface area contributed by atoms with E-state index >= 15 is 0 Å². The molecule has 0 aliphatic carbocycles. The molecule has 1 rings (SSSR count). The zero-order valence-corrected chi connectivity index (χ0v) is 7.76. The highest BCUT2D eigenvalue weighted by Crippen LogP contribution is 2.26. The smallest absolute Gasteiger partial charge is 0.0146 e. The standard InChI is InChI=1S/C5H9Br2N/c6-1-5(2-7)3-8-4-5/h8H,1-4H2. The first-order chi connectivity index (χ1) is 3.83. The van der Waals surface area contributed by atoms with Crippen molar-refractivity contribution in [3.8, 4) is 0 Å². The summed E-state index contributed by atoms with van der Waals surface area (Å²) in [6.07, 6.45) is 0. The molecule has 0 spiro atoms. The first kappa shape index (κ1) is 7.03. The van der Waals surface area contributed by atoms with Gasteiger partial charge in [0.05, 0.1) is 0 Å². The first-order valence-electron chi connectivity index (χ1n) is 2.66. The molecular weight excluding hydrogens is 234 g/mol. The zero-order valence-electron chi connectivity index (χ0n) is 4.58. The molecule has 0 aromatic heterocycles. The van der Waals surface area contributed by atoms with Crippen LogP contribution in [0.1, 0.15) is 0 Å². The number of halogens is 2. The van der Waals surface area contributed by atoms with E-state index in [2.05, 4.69) is 37.2 Å². The normalized spacial score (nSPS) is 24.8. The lowest BCUT2D eigenvalue weighted by molar-refractivity contribution is 0.244. The van der Waals surface area contributed by atoms with E-state index in [1.807, 2.05) is 0 Å². The molecule has 0 atom stereocenters. The molecule has 3 heteroatoms. The summed E-state index contributed by atoms with van der Waals surface area (Å²) < 4.78 is 0. The van der Waals surface area contributed by atoms with Crippen molar-refractivity contribution in [3.05, 3.63) is 0 Å². The lowest BCUT2D eigenvalue weighted by atomic mass is 9.87. The number of hydrogen-bond donors (Lipinski definition) is 1. The van der Waals surface area contributed by atoms with E-state index in [4.69, 9.17) is 0 Å². The molecule has 0 saturated carbocycles. The van der Waals surface area contributed by atoms with Crippen LogP contribution in [0, 0.1) is 5.41 Å². The minimum Gasteiger partial charge on any atom is -0.315 e. The topological polar surface area (TPSA) is 12.0 Å².